The highest BCUT2D eigenvalue weighted by Gasteiger charge is 2.36. The second kappa shape index (κ2) is 10.5. The first kappa shape index (κ1) is 22.1. The molecule has 1 aliphatic rings. The van der Waals surface area contributed by atoms with Crippen LogP contribution in [0.15, 0.2) is 46.9 Å². The fourth-order valence-electron chi connectivity index (χ4n) is 3.31. The van der Waals surface area contributed by atoms with Crippen LogP contribution in [0, 0.1) is 0 Å². The van der Waals surface area contributed by atoms with E-state index >= 15 is 0 Å². The monoisotopic (exact) mass is 493 g/mol. The van der Waals surface area contributed by atoms with Crippen LogP contribution in [0.3, 0.4) is 0 Å². The molecule has 154 valence electrons. The number of aryl methyl sites for hydroxylation is 1. The molecule has 1 amide bonds. The number of benzene rings is 2. The van der Waals surface area contributed by atoms with Gasteiger partial charge in [0.05, 0.1) is 23.4 Å². The summed E-state index contributed by atoms with van der Waals surface area (Å²) in [5.41, 5.74) is 2.29. The number of halogens is 1. The average Bonchev–Trinajstić information content (AvgIpc) is 2.98. The lowest BCUT2D eigenvalue weighted by Gasteiger charge is -2.16. The molecule has 1 heterocycles. The molecule has 0 unspecified atom stereocenters. The fourth-order valence-corrected chi connectivity index (χ4v) is 5.49. The lowest BCUT2D eigenvalue weighted by molar-refractivity contribution is -0.126. The number of thioether (sulfide) groups is 1. The summed E-state index contributed by atoms with van der Waals surface area (Å²) in [5, 5.41) is -0.200. The topological polar surface area (TPSA) is 38.8 Å². The second-order valence-corrected chi connectivity index (χ2v) is 9.39. The van der Waals surface area contributed by atoms with Crippen molar-refractivity contribution in [3.05, 3.63) is 58.1 Å². The molecule has 0 saturated carbocycles. The molecule has 0 radical (unpaired) electrons. The van der Waals surface area contributed by atoms with Gasteiger partial charge in [-0.05, 0) is 65.4 Å². The van der Waals surface area contributed by atoms with Crippen LogP contribution in [0.1, 0.15) is 24.5 Å². The zero-order chi connectivity index (χ0) is 20.8. The average molecular weight is 494 g/mol. The third kappa shape index (κ3) is 5.53. The van der Waals surface area contributed by atoms with Crippen LogP contribution in [-0.2, 0) is 17.6 Å². The van der Waals surface area contributed by atoms with Crippen molar-refractivity contribution in [2.24, 2.45) is 0 Å². The molecule has 0 spiro atoms. The van der Waals surface area contributed by atoms with Gasteiger partial charge in [0.25, 0.3) is 0 Å². The molecule has 4 nitrogen and oxygen atoms in total. The predicted molar refractivity (Wildman–Crippen MR) is 126 cm³/mol. The van der Waals surface area contributed by atoms with Gasteiger partial charge in [0, 0.05) is 6.54 Å². The van der Waals surface area contributed by atoms with Gasteiger partial charge in [-0.15, -0.1) is 0 Å². The van der Waals surface area contributed by atoms with Crippen molar-refractivity contribution in [2.45, 2.75) is 31.4 Å². The van der Waals surface area contributed by atoms with Crippen LogP contribution >= 0.6 is 39.9 Å². The maximum absolute atomic E-state index is 12.9. The number of thiocarbonyl (C=S) groups is 1. The van der Waals surface area contributed by atoms with E-state index in [-0.39, 0.29) is 11.2 Å². The van der Waals surface area contributed by atoms with E-state index in [9.17, 15) is 4.79 Å². The number of hydrogen-bond acceptors (Lipinski definition) is 5. The van der Waals surface area contributed by atoms with Gasteiger partial charge in [-0.1, -0.05) is 54.3 Å². The number of nitrogens with zero attached hydrogens (tertiary/aromatic N) is 1. The quantitative estimate of drug-likeness (QED) is 0.445. The minimum absolute atomic E-state index is 0.0945. The van der Waals surface area contributed by atoms with E-state index in [1.54, 1.807) is 12.0 Å². The van der Waals surface area contributed by atoms with Crippen LogP contribution in [-0.4, -0.2) is 40.6 Å². The summed E-state index contributed by atoms with van der Waals surface area (Å²) in [6.07, 6.45) is 2.43. The minimum Gasteiger partial charge on any atom is -0.493 e. The summed E-state index contributed by atoms with van der Waals surface area (Å²) in [5.74, 6) is 1.44. The Morgan fingerprint density at radius 3 is 2.66 bits per heavy atom. The molecule has 7 heteroatoms. The molecule has 0 bridgehead atoms. The number of hydrogen-bond donors (Lipinski definition) is 0. The van der Waals surface area contributed by atoms with Crippen molar-refractivity contribution >= 4 is 50.1 Å². The molecule has 2 aromatic carbocycles. The van der Waals surface area contributed by atoms with Crippen LogP contribution < -0.4 is 9.47 Å². The third-order valence-corrected chi connectivity index (χ3v) is 6.87. The number of rotatable bonds is 9. The van der Waals surface area contributed by atoms with Crippen LogP contribution in [0.4, 0.5) is 0 Å². The number of carbonyl (C=O) groups is 1. The van der Waals surface area contributed by atoms with Gasteiger partial charge in [-0.3, -0.25) is 9.69 Å². The van der Waals surface area contributed by atoms with Crippen molar-refractivity contribution in [3.63, 3.8) is 0 Å². The third-order valence-electron chi connectivity index (χ3n) is 4.69. The highest BCUT2D eigenvalue weighted by Crippen LogP contribution is 2.38. The highest BCUT2D eigenvalue weighted by molar-refractivity contribution is 9.10. The lowest BCUT2D eigenvalue weighted by Crippen LogP contribution is -2.33. The first-order valence-electron chi connectivity index (χ1n) is 9.58. The molecule has 1 saturated heterocycles. The lowest BCUT2D eigenvalue weighted by atomic mass is 10.1. The van der Waals surface area contributed by atoms with Gasteiger partial charge in [-0.25, -0.2) is 0 Å². The summed E-state index contributed by atoms with van der Waals surface area (Å²) in [7, 11) is 1.62. The van der Waals surface area contributed by atoms with Crippen molar-refractivity contribution in [1.29, 1.82) is 0 Å². The maximum atomic E-state index is 12.9. The van der Waals surface area contributed by atoms with E-state index in [4.69, 9.17) is 21.7 Å². The Morgan fingerprint density at radius 1 is 1.21 bits per heavy atom. The van der Waals surface area contributed by atoms with Gasteiger partial charge in [0.2, 0.25) is 5.91 Å². The molecule has 1 aliphatic heterocycles. The SMILES string of the molecule is CCOc1c(Br)cc(C[C@H]2SC(=S)N(CCCc3ccccc3)C2=O)cc1OC. The normalized spacial score (nSPS) is 16.4. The molecule has 1 fully saturated rings. The van der Waals surface area contributed by atoms with Gasteiger partial charge in [-0.2, -0.15) is 0 Å². The summed E-state index contributed by atoms with van der Waals surface area (Å²) >= 11 is 10.5. The molecule has 0 aromatic heterocycles. The van der Waals surface area contributed by atoms with Gasteiger partial charge >= 0.3 is 0 Å². The smallest absolute Gasteiger partial charge is 0.241 e. The number of ether oxygens (including phenoxy) is 2. The molecular formula is C22H24BrNO3S2. The van der Waals surface area contributed by atoms with E-state index in [0.29, 0.717) is 35.4 Å². The highest BCUT2D eigenvalue weighted by atomic mass is 79.9. The first-order valence-corrected chi connectivity index (χ1v) is 11.7. The zero-order valence-corrected chi connectivity index (χ0v) is 19.7. The summed E-state index contributed by atoms with van der Waals surface area (Å²) in [4.78, 5) is 14.7. The van der Waals surface area contributed by atoms with Crippen molar-refractivity contribution in [3.8, 4) is 11.5 Å². The summed E-state index contributed by atoms with van der Waals surface area (Å²) < 4.78 is 12.6. The molecule has 3 rings (SSSR count). The molecule has 0 aliphatic carbocycles. The Balaban J connectivity index is 1.63. The first-order chi connectivity index (χ1) is 14.0. The summed E-state index contributed by atoms with van der Waals surface area (Å²) in [6, 6.07) is 14.2. The molecule has 29 heavy (non-hydrogen) atoms. The van der Waals surface area contributed by atoms with E-state index in [2.05, 4.69) is 28.1 Å². The van der Waals surface area contributed by atoms with Crippen molar-refractivity contribution in [1.82, 2.24) is 4.90 Å². The Labute approximate surface area is 190 Å². The standard InChI is InChI=1S/C22H24BrNO3S2/c1-3-27-20-17(23)12-16(13-18(20)26-2)14-19-21(25)24(22(28)29-19)11-7-10-15-8-5-4-6-9-15/h4-6,8-9,12-13,19H,3,7,10-11,14H2,1-2H3/t19-/m1/s1. The maximum Gasteiger partial charge on any atom is 0.241 e. The van der Waals surface area contributed by atoms with E-state index in [1.165, 1.54) is 17.3 Å². The van der Waals surface area contributed by atoms with Crippen molar-refractivity contribution in [2.75, 3.05) is 20.3 Å². The Hall–Kier alpha value is -1.57. The number of amides is 1. The molecule has 1 atom stereocenters. The van der Waals surface area contributed by atoms with Gasteiger partial charge in [0.15, 0.2) is 11.5 Å². The Bertz CT molecular complexity index is 876. The number of methoxy groups -OCH3 is 1. The summed E-state index contributed by atoms with van der Waals surface area (Å²) in [6.45, 7) is 3.14. The van der Waals surface area contributed by atoms with E-state index in [0.717, 1.165) is 22.9 Å². The Kier molecular flexibility index (Phi) is 7.98. The van der Waals surface area contributed by atoms with Crippen molar-refractivity contribution < 1.29 is 14.3 Å². The largest absolute Gasteiger partial charge is 0.493 e. The minimum atomic E-state index is -0.200. The zero-order valence-electron chi connectivity index (χ0n) is 16.5. The van der Waals surface area contributed by atoms with Crippen LogP contribution in [0.25, 0.3) is 0 Å². The van der Waals surface area contributed by atoms with E-state index < -0.39 is 0 Å². The van der Waals surface area contributed by atoms with Crippen LogP contribution in [0.5, 0.6) is 11.5 Å². The van der Waals surface area contributed by atoms with Gasteiger partial charge < -0.3 is 9.47 Å². The second-order valence-electron chi connectivity index (χ2n) is 6.70. The van der Waals surface area contributed by atoms with Gasteiger partial charge in [0.1, 0.15) is 4.32 Å². The molecular weight excluding hydrogens is 470 g/mol. The van der Waals surface area contributed by atoms with Crippen LogP contribution in [0.2, 0.25) is 0 Å². The van der Waals surface area contributed by atoms with E-state index in [1.807, 2.05) is 37.3 Å². The molecule has 0 N–H and O–H groups in total. The number of carbonyl (C=O) groups excluding carboxylic acids is 1. The predicted octanol–water partition coefficient (Wildman–Crippen LogP) is 5.26. The Morgan fingerprint density at radius 2 is 1.97 bits per heavy atom. The fraction of sp³-hybridized carbons (Fsp3) is 0.364. The molecule has 2 aromatic rings.